The van der Waals surface area contributed by atoms with Gasteiger partial charge in [-0.25, -0.2) is 4.98 Å². The first kappa shape index (κ1) is 36.2. The molecule has 0 aliphatic heterocycles. The second-order valence-electron chi connectivity index (χ2n) is 13.9. The Hall–Kier alpha value is -4.57. The first-order valence-electron chi connectivity index (χ1n) is 18.2. The lowest BCUT2D eigenvalue weighted by Crippen LogP contribution is -2.45. The number of hydrogen-bond donors (Lipinski definition) is 2. The zero-order chi connectivity index (χ0) is 35.6. The monoisotopic (exact) mass is 711 g/mol. The predicted octanol–water partition coefficient (Wildman–Crippen LogP) is 7.22. The molecule has 4 aromatic rings. The maximum absolute atomic E-state index is 13.0. The van der Waals surface area contributed by atoms with Crippen LogP contribution in [-0.4, -0.2) is 38.8 Å². The predicted molar refractivity (Wildman–Crippen MR) is 194 cm³/mol. The summed E-state index contributed by atoms with van der Waals surface area (Å²) in [5, 5.41) is 6.96. The number of hydrogen-bond acceptors (Lipinski definition) is 7. The summed E-state index contributed by atoms with van der Waals surface area (Å²) in [5.74, 6) is 1.91. The molecule has 4 aromatic heterocycles. The topological polar surface area (TPSA) is 119 Å². The molecule has 0 spiro atoms. The molecule has 4 heterocycles. The van der Waals surface area contributed by atoms with Gasteiger partial charge in [-0.2, -0.15) is 4.57 Å². The third-order valence-electron chi connectivity index (χ3n) is 10.4. The highest BCUT2D eigenvalue weighted by atomic mass is 35.5. The molecule has 2 saturated carbocycles. The standard InChI is InChI=1S/C40H47ClN6O4/c1-27(29-8-4-3-5-9-29)45-39(48)31-11-15-33(43-23-31)25-50-36-19-21-47(37(41)22-36)35-17-13-30(14-18-35)28(2)46-40(49)32-12-16-34(44-24-32)26-51-38-10-6-7-20-42-38/h6-7,10-12,15-16,19-24,27-30,35H,3-5,8-9,13-14,17-18,25-26H2,1-2H3,(H-,45,46,48,49)/p+1. The van der Waals surface area contributed by atoms with Crippen molar-refractivity contribution < 1.29 is 23.6 Å². The van der Waals surface area contributed by atoms with E-state index in [1.54, 1.807) is 42.9 Å². The lowest BCUT2D eigenvalue weighted by molar-refractivity contribution is -0.724. The summed E-state index contributed by atoms with van der Waals surface area (Å²) in [4.78, 5) is 38.8. The number of ether oxygens (including phenoxy) is 2. The number of amides is 2. The molecule has 11 heteroatoms. The number of rotatable bonds is 13. The fraction of sp³-hybridized carbons (Fsp3) is 0.450. The minimum absolute atomic E-state index is 0.0315. The maximum atomic E-state index is 13.0. The lowest BCUT2D eigenvalue weighted by atomic mass is 9.82. The van der Waals surface area contributed by atoms with Crippen LogP contribution in [0.1, 0.15) is 110 Å². The average molecular weight is 712 g/mol. The molecule has 51 heavy (non-hydrogen) atoms. The third-order valence-corrected chi connectivity index (χ3v) is 10.7. The van der Waals surface area contributed by atoms with Crippen LogP contribution in [0.15, 0.2) is 79.4 Å². The van der Waals surface area contributed by atoms with Gasteiger partial charge in [0.15, 0.2) is 12.2 Å². The van der Waals surface area contributed by atoms with Crippen LogP contribution in [0.4, 0.5) is 0 Å². The summed E-state index contributed by atoms with van der Waals surface area (Å²) in [6, 6.07) is 17.0. The summed E-state index contributed by atoms with van der Waals surface area (Å²) in [6.07, 6.45) is 16.9. The van der Waals surface area contributed by atoms with Crippen LogP contribution in [0, 0.1) is 11.8 Å². The summed E-state index contributed by atoms with van der Waals surface area (Å²) in [7, 11) is 0. The van der Waals surface area contributed by atoms with Crippen molar-refractivity contribution in [2.45, 2.75) is 103 Å². The molecule has 2 N–H and O–H groups in total. The maximum Gasteiger partial charge on any atom is 0.278 e. The van der Waals surface area contributed by atoms with Gasteiger partial charge in [0.05, 0.1) is 28.6 Å². The molecule has 2 aliphatic rings. The van der Waals surface area contributed by atoms with Crippen LogP contribution in [0.3, 0.4) is 0 Å². The van der Waals surface area contributed by atoms with E-state index in [-0.39, 0.29) is 43.2 Å². The smallest absolute Gasteiger partial charge is 0.278 e. The van der Waals surface area contributed by atoms with Gasteiger partial charge in [0.2, 0.25) is 5.88 Å². The van der Waals surface area contributed by atoms with Crippen LogP contribution in [0.2, 0.25) is 5.15 Å². The molecular weight excluding hydrogens is 664 g/mol. The largest absolute Gasteiger partial charge is 0.487 e. The van der Waals surface area contributed by atoms with Crippen molar-refractivity contribution in [1.29, 1.82) is 0 Å². The van der Waals surface area contributed by atoms with E-state index in [0.717, 1.165) is 37.1 Å². The van der Waals surface area contributed by atoms with Crippen LogP contribution >= 0.6 is 11.6 Å². The Morgan fingerprint density at radius 3 is 1.92 bits per heavy atom. The van der Waals surface area contributed by atoms with Gasteiger partial charge < -0.3 is 20.1 Å². The Morgan fingerprint density at radius 2 is 1.37 bits per heavy atom. The lowest BCUT2D eigenvalue weighted by Gasteiger charge is -2.30. The normalized spacial score (nSPS) is 19.0. The first-order chi connectivity index (χ1) is 24.8. The molecule has 2 amide bonds. The van der Waals surface area contributed by atoms with Gasteiger partial charge in [-0.3, -0.25) is 19.6 Å². The van der Waals surface area contributed by atoms with E-state index in [2.05, 4.69) is 44.0 Å². The fourth-order valence-corrected chi connectivity index (χ4v) is 7.51. The number of nitrogens with zero attached hydrogens (tertiary/aromatic N) is 4. The Balaban J connectivity index is 0.924. The van der Waals surface area contributed by atoms with Crippen LogP contribution < -0.4 is 24.7 Å². The van der Waals surface area contributed by atoms with Crippen LogP contribution in [0.5, 0.6) is 11.6 Å². The van der Waals surface area contributed by atoms with E-state index < -0.39 is 0 Å². The number of aromatic nitrogens is 4. The van der Waals surface area contributed by atoms with Gasteiger partial charge >= 0.3 is 0 Å². The molecule has 2 atom stereocenters. The Labute approximate surface area is 305 Å². The van der Waals surface area contributed by atoms with Gasteiger partial charge in [-0.05, 0) is 93.3 Å². The highest BCUT2D eigenvalue weighted by Crippen LogP contribution is 2.32. The minimum Gasteiger partial charge on any atom is -0.487 e. The minimum atomic E-state index is -0.126. The zero-order valence-electron chi connectivity index (χ0n) is 29.5. The Kier molecular flexibility index (Phi) is 12.5. The van der Waals surface area contributed by atoms with Crippen molar-refractivity contribution in [3.63, 3.8) is 0 Å². The van der Waals surface area contributed by atoms with Gasteiger partial charge in [-0.1, -0.05) is 25.3 Å². The Morgan fingerprint density at radius 1 is 0.765 bits per heavy atom. The van der Waals surface area contributed by atoms with E-state index >= 15 is 0 Å². The quantitative estimate of drug-likeness (QED) is 0.111. The zero-order valence-corrected chi connectivity index (χ0v) is 30.2. The van der Waals surface area contributed by atoms with Crippen molar-refractivity contribution in [2.75, 3.05) is 0 Å². The highest BCUT2D eigenvalue weighted by Gasteiger charge is 2.32. The summed E-state index contributed by atoms with van der Waals surface area (Å²) < 4.78 is 13.8. The van der Waals surface area contributed by atoms with E-state index in [1.165, 1.54) is 32.1 Å². The number of carbonyl (C=O) groups is 2. The van der Waals surface area contributed by atoms with Gasteiger partial charge in [0, 0.05) is 55.6 Å². The Bertz CT molecular complexity index is 1730. The van der Waals surface area contributed by atoms with E-state index in [9.17, 15) is 9.59 Å². The van der Waals surface area contributed by atoms with Gasteiger partial charge in [0.25, 0.3) is 17.0 Å². The molecular formula is C40H48ClN6O4+. The molecule has 10 nitrogen and oxygen atoms in total. The van der Waals surface area contributed by atoms with Crippen LogP contribution in [-0.2, 0) is 13.2 Å². The molecule has 0 bridgehead atoms. The number of halogens is 1. The van der Waals surface area contributed by atoms with Crippen molar-refractivity contribution in [2.24, 2.45) is 11.8 Å². The molecule has 0 saturated heterocycles. The summed E-state index contributed by atoms with van der Waals surface area (Å²) >= 11 is 6.74. The molecule has 6 rings (SSSR count). The number of carbonyl (C=O) groups excluding carboxylic acids is 2. The van der Waals surface area contributed by atoms with Crippen molar-refractivity contribution >= 4 is 23.4 Å². The van der Waals surface area contributed by atoms with Crippen molar-refractivity contribution in [1.82, 2.24) is 25.6 Å². The van der Waals surface area contributed by atoms with E-state index in [0.29, 0.717) is 39.7 Å². The number of pyridine rings is 4. The second kappa shape index (κ2) is 17.6. The molecule has 2 aliphatic carbocycles. The second-order valence-corrected chi connectivity index (χ2v) is 14.3. The summed E-state index contributed by atoms with van der Waals surface area (Å²) in [5.41, 5.74) is 2.54. The average Bonchev–Trinajstić information content (AvgIpc) is 3.17. The molecule has 2 unspecified atom stereocenters. The van der Waals surface area contributed by atoms with E-state index in [1.807, 2.05) is 36.5 Å². The first-order valence-corrected chi connectivity index (χ1v) is 18.6. The van der Waals surface area contributed by atoms with Gasteiger partial charge in [0.1, 0.15) is 19.0 Å². The third kappa shape index (κ3) is 10.0. The van der Waals surface area contributed by atoms with Crippen molar-refractivity contribution in [3.8, 4) is 11.6 Å². The van der Waals surface area contributed by atoms with Crippen LogP contribution in [0.25, 0.3) is 0 Å². The molecule has 0 radical (unpaired) electrons. The van der Waals surface area contributed by atoms with E-state index in [4.69, 9.17) is 21.1 Å². The van der Waals surface area contributed by atoms with Crippen molar-refractivity contribution in [3.05, 3.63) is 107 Å². The molecule has 0 aromatic carbocycles. The summed E-state index contributed by atoms with van der Waals surface area (Å²) in [6.45, 7) is 4.74. The molecule has 268 valence electrons. The fourth-order valence-electron chi connectivity index (χ4n) is 7.21. The number of nitrogens with one attached hydrogen (secondary N) is 2. The SMILES string of the molecule is CC(NC(=O)c1ccc(COc2cc[n+](C3CCC(C(C)NC(=O)c4ccc(COc5ccccn5)nc4)CC3)c(Cl)c2)nc1)C1CCCCC1. The highest BCUT2D eigenvalue weighted by molar-refractivity contribution is 6.28. The van der Waals surface area contributed by atoms with Gasteiger partial charge in [-0.15, -0.1) is 0 Å². The molecule has 2 fully saturated rings.